The molecule has 0 aliphatic carbocycles. The Balaban J connectivity index is 1.29. The summed E-state index contributed by atoms with van der Waals surface area (Å²) in [4.78, 5) is 39.1. The molecule has 3 aromatic rings. The van der Waals surface area contributed by atoms with Crippen molar-refractivity contribution in [3.63, 3.8) is 0 Å². The van der Waals surface area contributed by atoms with Crippen LogP contribution in [0.2, 0.25) is 0 Å². The van der Waals surface area contributed by atoms with Gasteiger partial charge in [-0.2, -0.15) is 0 Å². The number of carboxylic acid groups (broad SMARTS) is 1. The lowest BCUT2D eigenvalue weighted by molar-refractivity contribution is -0.132. The lowest BCUT2D eigenvalue weighted by atomic mass is 9.98. The number of aryl methyl sites for hydroxylation is 2. The van der Waals surface area contributed by atoms with Gasteiger partial charge in [0.25, 0.3) is 0 Å². The van der Waals surface area contributed by atoms with E-state index in [9.17, 15) is 14.7 Å². The van der Waals surface area contributed by atoms with Gasteiger partial charge in [0, 0.05) is 31.4 Å². The third kappa shape index (κ3) is 7.45. The molecule has 1 aromatic heterocycles. The first-order valence-corrected chi connectivity index (χ1v) is 15.3. The number of rotatable bonds is 11. The molecule has 2 aromatic carbocycles. The topological polar surface area (TPSA) is 105 Å². The molecule has 2 aliphatic heterocycles. The summed E-state index contributed by atoms with van der Waals surface area (Å²) in [6.07, 6.45) is 5.96. The molecule has 9 heteroatoms. The number of amides is 1. The van der Waals surface area contributed by atoms with Gasteiger partial charge in [-0.1, -0.05) is 50.6 Å². The van der Waals surface area contributed by atoms with Gasteiger partial charge < -0.3 is 24.4 Å². The summed E-state index contributed by atoms with van der Waals surface area (Å²) >= 11 is 0. The van der Waals surface area contributed by atoms with Gasteiger partial charge in [-0.3, -0.25) is 4.79 Å². The number of likely N-dealkylation sites (tertiary alicyclic amines) is 1. The number of carbonyl (C=O) groups is 2. The van der Waals surface area contributed by atoms with Gasteiger partial charge in [0.05, 0.1) is 37.4 Å². The largest absolute Gasteiger partial charge is 0.496 e. The first-order valence-electron chi connectivity index (χ1n) is 15.3. The van der Waals surface area contributed by atoms with Crippen molar-refractivity contribution in [1.82, 2.24) is 14.9 Å². The van der Waals surface area contributed by atoms with Crippen LogP contribution in [-0.2, 0) is 24.1 Å². The third-order valence-corrected chi connectivity index (χ3v) is 8.41. The second-order valence-corrected chi connectivity index (χ2v) is 12.0. The van der Waals surface area contributed by atoms with Crippen molar-refractivity contribution in [3.8, 4) is 11.5 Å². The van der Waals surface area contributed by atoms with Crippen molar-refractivity contribution < 1.29 is 24.2 Å². The van der Waals surface area contributed by atoms with Crippen LogP contribution in [0.5, 0.6) is 11.5 Å². The molecule has 0 bridgehead atoms. The molecule has 1 amide bonds. The van der Waals surface area contributed by atoms with E-state index in [4.69, 9.17) is 14.5 Å². The van der Waals surface area contributed by atoms with Gasteiger partial charge in [0.1, 0.15) is 11.5 Å². The molecule has 0 saturated carbocycles. The lowest BCUT2D eigenvalue weighted by Gasteiger charge is -2.30. The summed E-state index contributed by atoms with van der Waals surface area (Å²) < 4.78 is 11.3. The molecular weight excluding hydrogens is 544 g/mol. The van der Waals surface area contributed by atoms with Crippen LogP contribution in [0.3, 0.4) is 0 Å². The maximum Gasteiger partial charge on any atom is 0.339 e. The fraction of sp³-hybridized carbons (Fsp3) is 0.471. The minimum Gasteiger partial charge on any atom is -0.496 e. The van der Waals surface area contributed by atoms with Crippen LogP contribution in [0.15, 0.2) is 54.7 Å². The van der Waals surface area contributed by atoms with Gasteiger partial charge in [0.2, 0.25) is 11.9 Å². The number of methoxy groups -OCH3 is 1. The van der Waals surface area contributed by atoms with Gasteiger partial charge in [-0.15, -0.1) is 0 Å². The maximum absolute atomic E-state index is 13.6. The third-order valence-electron chi connectivity index (χ3n) is 8.41. The molecule has 2 atom stereocenters. The van der Waals surface area contributed by atoms with E-state index in [0.29, 0.717) is 55.9 Å². The zero-order chi connectivity index (χ0) is 30.3. The SMILES string of the molecule is COc1ccccc1CC(=O)N1CCCC[C@@H]2CN(c3ncc(C(=O)O)c(CCc4ccc(OCC(C)C)cc4)n3)C[C@@H]21. The predicted octanol–water partition coefficient (Wildman–Crippen LogP) is 5.06. The first-order chi connectivity index (χ1) is 20.8. The van der Waals surface area contributed by atoms with E-state index >= 15 is 0 Å². The smallest absolute Gasteiger partial charge is 0.339 e. The molecule has 228 valence electrons. The summed E-state index contributed by atoms with van der Waals surface area (Å²) in [5.74, 6) is 1.92. The van der Waals surface area contributed by atoms with Crippen LogP contribution in [0.1, 0.15) is 60.3 Å². The highest BCUT2D eigenvalue weighted by atomic mass is 16.5. The van der Waals surface area contributed by atoms with Crippen molar-refractivity contribution in [2.24, 2.45) is 11.8 Å². The molecule has 2 aliphatic rings. The number of aromatic nitrogens is 2. The molecule has 2 fully saturated rings. The number of aromatic carboxylic acids is 1. The Labute approximate surface area is 253 Å². The number of anilines is 1. The highest BCUT2D eigenvalue weighted by Gasteiger charge is 2.40. The average molecular weight is 587 g/mol. The van der Waals surface area contributed by atoms with E-state index in [1.54, 1.807) is 7.11 Å². The molecule has 0 radical (unpaired) electrons. The monoisotopic (exact) mass is 586 g/mol. The van der Waals surface area contributed by atoms with Crippen LogP contribution < -0.4 is 14.4 Å². The fourth-order valence-electron chi connectivity index (χ4n) is 6.14. The number of benzene rings is 2. The van der Waals surface area contributed by atoms with E-state index in [0.717, 1.165) is 55.0 Å². The van der Waals surface area contributed by atoms with Gasteiger partial charge in [-0.05, 0) is 61.3 Å². The van der Waals surface area contributed by atoms with Crippen molar-refractivity contribution in [3.05, 3.63) is 77.1 Å². The van der Waals surface area contributed by atoms with Crippen LogP contribution in [0, 0.1) is 11.8 Å². The summed E-state index contributed by atoms with van der Waals surface area (Å²) in [6, 6.07) is 15.7. The van der Waals surface area contributed by atoms with E-state index in [1.165, 1.54) is 6.20 Å². The Bertz CT molecular complexity index is 1410. The first kappa shape index (κ1) is 30.3. The molecule has 43 heavy (non-hydrogen) atoms. The molecular formula is C34H42N4O5. The minimum atomic E-state index is -1.03. The van der Waals surface area contributed by atoms with Crippen LogP contribution in [0.25, 0.3) is 0 Å². The number of hydrogen-bond acceptors (Lipinski definition) is 7. The van der Waals surface area contributed by atoms with E-state index in [-0.39, 0.29) is 17.5 Å². The fourth-order valence-corrected chi connectivity index (χ4v) is 6.14. The summed E-state index contributed by atoms with van der Waals surface area (Å²) in [6.45, 7) is 6.99. The van der Waals surface area contributed by atoms with Crippen LogP contribution >= 0.6 is 0 Å². The number of hydrogen-bond donors (Lipinski definition) is 1. The zero-order valence-corrected chi connectivity index (χ0v) is 25.4. The Morgan fingerprint density at radius 2 is 1.84 bits per heavy atom. The predicted molar refractivity (Wildman–Crippen MR) is 165 cm³/mol. The van der Waals surface area contributed by atoms with Gasteiger partial charge in [0.15, 0.2) is 0 Å². The molecule has 5 rings (SSSR count). The molecule has 0 unspecified atom stereocenters. The highest BCUT2D eigenvalue weighted by molar-refractivity contribution is 5.88. The number of carbonyl (C=O) groups excluding carboxylic acids is 1. The minimum absolute atomic E-state index is 0.0623. The number of fused-ring (bicyclic) bond motifs is 1. The maximum atomic E-state index is 13.6. The average Bonchev–Trinajstić information content (AvgIpc) is 3.32. The van der Waals surface area contributed by atoms with E-state index < -0.39 is 5.97 Å². The number of carboxylic acids is 1. The van der Waals surface area contributed by atoms with Crippen LogP contribution in [0.4, 0.5) is 5.95 Å². The molecule has 0 spiro atoms. The van der Waals surface area contributed by atoms with Crippen molar-refractivity contribution >= 4 is 17.8 Å². The van der Waals surface area contributed by atoms with E-state index in [1.807, 2.05) is 53.4 Å². The Kier molecular flexibility index (Phi) is 9.79. The molecule has 2 saturated heterocycles. The second-order valence-electron chi connectivity index (χ2n) is 12.0. The van der Waals surface area contributed by atoms with Crippen LogP contribution in [-0.4, -0.2) is 71.2 Å². The second kappa shape index (κ2) is 13.9. The number of para-hydroxylation sites is 1. The molecule has 3 heterocycles. The number of nitrogens with zero attached hydrogens (tertiary/aromatic N) is 4. The molecule has 1 N–H and O–H groups in total. The van der Waals surface area contributed by atoms with Gasteiger partial charge >= 0.3 is 5.97 Å². The quantitative estimate of drug-likeness (QED) is 0.332. The standard InChI is InChI=1S/C34H42N4O5/c1-23(2)22-43-27-14-11-24(12-15-27)13-16-29-28(33(40)41)19-35-34(36-29)37-20-26-9-6-7-17-38(30(26)21-37)32(39)18-25-8-4-5-10-31(25)42-3/h4-5,8,10-12,14-15,19,23,26,30H,6-7,9,13,16-18,20-22H2,1-3H3,(H,40,41)/t26-,30+/m1/s1. The lowest BCUT2D eigenvalue weighted by Crippen LogP contribution is -2.45. The Morgan fingerprint density at radius 1 is 1.05 bits per heavy atom. The summed E-state index contributed by atoms with van der Waals surface area (Å²) in [5, 5.41) is 9.85. The number of ether oxygens (including phenoxy) is 2. The highest BCUT2D eigenvalue weighted by Crippen LogP contribution is 2.33. The summed E-state index contributed by atoms with van der Waals surface area (Å²) in [5.41, 5.74) is 2.62. The van der Waals surface area contributed by atoms with Crippen molar-refractivity contribution in [1.29, 1.82) is 0 Å². The Morgan fingerprint density at radius 3 is 2.58 bits per heavy atom. The zero-order valence-electron chi connectivity index (χ0n) is 25.4. The Hall–Kier alpha value is -4.14. The van der Waals surface area contributed by atoms with Crippen molar-refractivity contribution in [2.75, 3.05) is 38.3 Å². The van der Waals surface area contributed by atoms with E-state index in [2.05, 4.69) is 23.7 Å². The normalized spacial score (nSPS) is 18.3. The molecule has 9 nitrogen and oxygen atoms in total. The summed E-state index contributed by atoms with van der Waals surface area (Å²) in [7, 11) is 1.63. The van der Waals surface area contributed by atoms with Crippen molar-refractivity contribution in [2.45, 2.75) is 58.4 Å². The van der Waals surface area contributed by atoms with Gasteiger partial charge in [-0.25, -0.2) is 14.8 Å².